The molecule has 0 aliphatic carbocycles. The summed E-state index contributed by atoms with van der Waals surface area (Å²) >= 11 is 0. The van der Waals surface area contributed by atoms with Crippen LogP contribution in [0.2, 0.25) is 0 Å². The molecule has 0 aromatic rings. The molecular weight excluding hydrogens is 243 g/mol. The molecule has 100 valence electrons. The number of rotatable bonds is 7. The summed E-state index contributed by atoms with van der Waals surface area (Å²) in [4.78, 5) is 21.6. The monoisotopic (exact) mass is 257 g/mol. The SMILES string of the molecule is CC[C@@H](NC(=O)CCOCC(F)(F)F)C(=O)O. The third-order valence-corrected chi connectivity index (χ3v) is 1.78. The summed E-state index contributed by atoms with van der Waals surface area (Å²) in [6.45, 7) is -0.253. The van der Waals surface area contributed by atoms with Crippen LogP contribution in [0.3, 0.4) is 0 Å². The van der Waals surface area contributed by atoms with Gasteiger partial charge in [0.25, 0.3) is 0 Å². The molecule has 0 bridgehead atoms. The number of aliphatic carboxylic acids is 1. The average Bonchev–Trinajstić information content (AvgIpc) is 2.19. The van der Waals surface area contributed by atoms with Crippen LogP contribution in [-0.4, -0.2) is 42.4 Å². The van der Waals surface area contributed by atoms with Crippen LogP contribution in [0.1, 0.15) is 19.8 Å². The molecule has 0 spiro atoms. The van der Waals surface area contributed by atoms with Crippen molar-refractivity contribution in [2.45, 2.75) is 32.0 Å². The molecule has 0 aromatic carbocycles. The highest BCUT2D eigenvalue weighted by Gasteiger charge is 2.27. The first-order valence-electron chi connectivity index (χ1n) is 4.93. The summed E-state index contributed by atoms with van der Waals surface area (Å²) in [6.07, 6.45) is -4.53. The summed E-state index contributed by atoms with van der Waals surface area (Å²) in [5.74, 6) is -1.83. The average molecular weight is 257 g/mol. The fourth-order valence-electron chi connectivity index (χ4n) is 0.958. The molecule has 1 atom stereocenters. The highest BCUT2D eigenvalue weighted by molar-refractivity contribution is 5.83. The van der Waals surface area contributed by atoms with E-state index in [0.29, 0.717) is 0 Å². The molecule has 2 N–H and O–H groups in total. The van der Waals surface area contributed by atoms with Gasteiger partial charge in [0.2, 0.25) is 5.91 Å². The van der Waals surface area contributed by atoms with Gasteiger partial charge in [-0.1, -0.05) is 6.92 Å². The van der Waals surface area contributed by atoms with Gasteiger partial charge in [0.1, 0.15) is 12.6 Å². The van der Waals surface area contributed by atoms with E-state index in [2.05, 4.69) is 10.1 Å². The Kier molecular flexibility index (Phi) is 6.55. The van der Waals surface area contributed by atoms with Crippen molar-refractivity contribution in [1.29, 1.82) is 0 Å². The molecule has 0 rings (SSSR count). The standard InChI is InChI=1S/C9H14F3NO4/c1-2-6(8(15)16)13-7(14)3-4-17-5-9(10,11)12/h6H,2-5H2,1H3,(H,13,14)(H,15,16)/t6-/m1/s1. The predicted octanol–water partition coefficient (Wildman–Crippen LogP) is 0.935. The van der Waals surface area contributed by atoms with Gasteiger partial charge in [-0.2, -0.15) is 13.2 Å². The first kappa shape index (κ1) is 15.7. The van der Waals surface area contributed by atoms with Gasteiger partial charge in [-0.25, -0.2) is 4.79 Å². The van der Waals surface area contributed by atoms with E-state index in [9.17, 15) is 22.8 Å². The smallest absolute Gasteiger partial charge is 0.411 e. The maximum Gasteiger partial charge on any atom is 0.411 e. The molecule has 5 nitrogen and oxygen atoms in total. The fourth-order valence-corrected chi connectivity index (χ4v) is 0.958. The number of carboxylic acid groups (broad SMARTS) is 1. The summed E-state index contributed by atoms with van der Waals surface area (Å²) in [5.41, 5.74) is 0. The van der Waals surface area contributed by atoms with E-state index in [1.165, 1.54) is 0 Å². The molecule has 0 saturated heterocycles. The third kappa shape index (κ3) is 8.49. The molecule has 8 heteroatoms. The van der Waals surface area contributed by atoms with Crippen molar-refractivity contribution < 1.29 is 32.6 Å². The predicted molar refractivity (Wildman–Crippen MR) is 51.3 cm³/mol. The van der Waals surface area contributed by atoms with Gasteiger partial charge in [0.05, 0.1) is 6.61 Å². The number of carbonyl (C=O) groups is 2. The molecule has 0 fully saturated rings. The lowest BCUT2D eigenvalue weighted by Gasteiger charge is -2.12. The summed E-state index contributed by atoms with van der Waals surface area (Å²) in [5, 5.41) is 10.8. The minimum atomic E-state index is -4.43. The van der Waals surface area contributed by atoms with Gasteiger partial charge in [0.15, 0.2) is 0 Å². The van der Waals surface area contributed by atoms with Gasteiger partial charge in [-0.05, 0) is 6.42 Å². The molecule has 0 heterocycles. The second-order valence-corrected chi connectivity index (χ2v) is 3.28. The number of halogens is 3. The topological polar surface area (TPSA) is 75.6 Å². The highest BCUT2D eigenvalue weighted by Crippen LogP contribution is 2.14. The van der Waals surface area contributed by atoms with Gasteiger partial charge in [-0.15, -0.1) is 0 Å². The summed E-state index contributed by atoms with van der Waals surface area (Å²) in [6, 6.07) is -1.02. The molecule has 1 amide bonds. The summed E-state index contributed by atoms with van der Waals surface area (Å²) in [7, 11) is 0. The number of hydrogen-bond acceptors (Lipinski definition) is 3. The van der Waals surface area contributed by atoms with E-state index in [1.807, 2.05) is 0 Å². The second-order valence-electron chi connectivity index (χ2n) is 3.28. The lowest BCUT2D eigenvalue weighted by atomic mass is 10.2. The number of carbonyl (C=O) groups excluding carboxylic acids is 1. The Morgan fingerprint density at radius 1 is 1.41 bits per heavy atom. The van der Waals surface area contributed by atoms with Crippen LogP contribution in [0.4, 0.5) is 13.2 Å². The van der Waals surface area contributed by atoms with Gasteiger partial charge >= 0.3 is 12.1 Å². The maximum atomic E-state index is 11.6. The number of carboxylic acids is 1. The Morgan fingerprint density at radius 2 is 2.00 bits per heavy atom. The van der Waals surface area contributed by atoms with E-state index in [-0.39, 0.29) is 12.8 Å². The molecule has 0 aliphatic rings. The van der Waals surface area contributed by atoms with Crippen LogP contribution in [-0.2, 0) is 14.3 Å². The van der Waals surface area contributed by atoms with E-state index >= 15 is 0 Å². The Balaban J connectivity index is 3.77. The van der Waals surface area contributed by atoms with E-state index < -0.39 is 37.3 Å². The molecular formula is C9H14F3NO4. The number of nitrogens with one attached hydrogen (secondary N) is 1. The minimum absolute atomic E-state index is 0.199. The Bertz CT molecular complexity index is 267. The van der Waals surface area contributed by atoms with Gasteiger partial charge in [0, 0.05) is 6.42 Å². The van der Waals surface area contributed by atoms with Crippen molar-refractivity contribution in [3.05, 3.63) is 0 Å². The molecule has 17 heavy (non-hydrogen) atoms. The van der Waals surface area contributed by atoms with Crippen LogP contribution >= 0.6 is 0 Å². The van der Waals surface area contributed by atoms with Crippen molar-refractivity contribution in [1.82, 2.24) is 5.32 Å². The normalized spacial score (nSPS) is 13.2. The maximum absolute atomic E-state index is 11.6. The second kappa shape index (κ2) is 7.10. The van der Waals surface area contributed by atoms with Crippen LogP contribution in [0.15, 0.2) is 0 Å². The van der Waals surface area contributed by atoms with Crippen molar-refractivity contribution >= 4 is 11.9 Å². The Morgan fingerprint density at radius 3 is 2.41 bits per heavy atom. The molecule has 0 aliphatic heterocycles. The Hall–Kier alpha value is -1.31. The number of amides is 1. The molecule has 0 saturated carbocycles. The minimum Gasteiger partial charge on any atom is -0.480 e. The van der Waals surface area contributed by atoms with Crippen molar-refractivity contribution in [2.75, 3.05) is 13.2 Å². The molecule has 0 radical (unpaired) electrons. The third-order valence-electron chi connectivity index (χ3n) is 1.78. The summed E-state index contributed by atoms with van der Waals surface area (Å²) < 4.78 is 39.2. The van der Waals surface area contributed by atoms with Crippen molar-refractivity contribution in [2.24, 2.45) is 0 Å². The van der Waals surface area contributed by atoms with Crippen LogP contribution < -0.4 is 5.32 Å². The Labute approximate surface area is 95.9 Å². The number of alkyl halides is 3. The van der Waals surface area contributed by atoms with Crippen molar-refractivity contribution in [3.63, 3.8) is 0 Å². The highest BCUT2D eigenvalue weighted by atomic mass is 19.4. The quantitative estimate of drug-likeness (QED) is 0.665. The number of ether oxygens (including phenoxy) is 1. The fraction of sp³-hybridized carbons (Fsp3) is 0.778. The van der Waals surface area contributed by atoms with E-state index in [4.69, 9.17) is 5.11 Å². The lowest BCUT2D eigenvalue weighted by Crippen LogP contribution is -2.40. The van der Waals surface area contributed by atoms with Crippen LogP contribution in [0.5, 0.6) is 0 Å². The first-order valence-corrected chi connectivity index (χ1v) is 4.93. The zero-order valence-electron chi connectivity index (χ0n) is 9.21. The van der Waals surface area contributed by atoms with Crippen LogP contribution in [0, 0.1) is 0 Å². The lowest BCUT2D eigenvalue weighted by molar-refractivity contribution is -0.174. The molecule has 0 unspecified atom stereocenters. The zero-order chi connectivity index (χ0) is 13.5. The largest absolute Gasteiger partial charge is 0.480 e. The first-order chi connectivity index (χ1) is 7.76. The van der Waals surface area contributed by atoms with E-state index in [0.717, 1.165) is 0 Å². The van der Waals surface area contributed by atoms with Crippen molar-refractivity contribution in [3.8, 4) is 0 Å². The van der Waals surface area contributed by atoms with Gasteiger partial charge in [-0.3, -0.25) is 4.79 Å². The van der Waals surface area contributed by atoms with E-state index in [1.54, 1.807) is 6.92 Å². The molecule has 0 aromatic heterocycles. The zero-order valence-corrected chi connectivity index (χ0v) is 9.21. The number of hydrogen-bond donors (Lipinski definition) is 2. The van der Waals surface area contributed by atoms with Crippen LogP contribution in [0.25, 0.3) is 0 Å². The van der Waals surface area contributed by atoms with Gasteiger partial charge < -0.3 is 15.2 Å².